The van der Waals surface area contributed by atoms with E-state index in [1.807, 2.05) is 44.3 Å². The van der Waals surface area contributed by atoms with Crippen molar-refractivity contribution in [3.8, 4) is 11.5 Å². The molecule has 2 aromatic heterocycles. The third kappa shape index (κ3) is 4.21. The Labute approximate surface area is 180 Å². The Balaban J connectivity index is 1.95. The minimum atomic E-state index is -0.270. The van der Waals surface area contributed by atoms with E-state index in [0.717, 1.165) is 15.1 Å². The van der Waals surface area contributed by atoms with Gasteiger partial charge >= 0.3 is 0 Å². The number of carbonyl (C=O) groups excluding carboxylic acids is 1. The fourth-order valence-corrected chi connectivity index (χ4v) is 4.60. The van der Waals surface area contributed by atoms with E-state index < -0.39 is 0 Å². The van der Waals surface area contributed by atoms with Crippen LogP contribution in [0.25, 0.3) is 10.1 Å². The molecule has 3 aromatic rings. The fourth-order valence-electron chi connectivity index (χ4n) is 3.55. The van der Waals surface area contributed by atoms with Crippen LogP contribution in [0.5, 0.6) is 11.5 Å². The third-order valence-electron chi connectivity index (χ3n) is 5.04. The highest BCUT2D eigenvalue weighted by molar-refractivity contribution is 7.19. The number of benzene rings is 1. The molecule has 0 aliphatic heterocycles. The minimum absolute atomic E-state index is 0.116. The average molecular weight is 429 g/mol. The van der Waals surface area contributed by atoms with E-state index in [1.165, 1.54) is 11.3 Å². The first kappa shape index (κ1) is 21.9. The summed E-state index contributed by atoms with van der Waals surface area (Å²) in [6, 6.07) is 7.20. The van der Waals surface area contributed by atoms with Crippen LogP contribution in [0, 0.1) is 12.8 Å². The van der Waals surface area contributed by atoms with Gasteiger partial charge in [-0.1, -0.05) is 19.9 Å². The number of thiophene rings is 1. The molecular weight excluding hydrogens is 400 g/mol. The van der Waals surface area contributed by atoms with Crippen LogP contribution in [0.3, 0.4) is 0 Å². The zero-order chi connectivity index (χ0) is 22.0. The lowest BCUT2D eigenvalue weighted by atomic mass is 10.1. The first-order chi connectivity index (χ1) is 14.3. The molecule has 0 bridgehead atoms. The van der Waals surface area contributed by atoms with Crippen molar-refractivity contribution in [2.75, 3.05) is 14.2 Å². The Hall–Kier alpha value is -2.80. The van der Waals surface area contributed by atoms with Crippen molar-refractivity contribution in [3.63, 3.8) is 0 Å². The molecule has 1 amide bonds. The molecule has 6 nitrogen and oxygen atoms in total. The Morgan fingerprint density at radius 1 is 1.13 bits per heavy atom. The number of aromatic nitrogens is 1. The topological polar surface area (TPSA) is 69.6 Å². The summed E-state index contributed by atoms with van der Waals surface area (Å²) in [5.41, 5.74) is 1.23. The number of carbonyl (C=O) groups is 1. The number of ether oxygens (including phenoxy) is 2. The Morgan fingerprint density at radius 2 is 1.83 bits per heavy atom. The lowest BCUT2D eigenvalue weighted by molar-refractivity contribution is 0.0941. The zero-order valence-electron chi connectivity index (χ0n) is 18.2. The summed E-state index contributed by atoms with van der Waals surface area (Å²) in [4.78, 5) is 27.1. The van der Waals surface area contributed by atoms with Crippen molar-refractivity contribution < 1.29 is 14.3 Å². The summed E-state index contributed by atoms with van der Waals surface area (Å²) < 4.78 is 13.2. The maximum Gasteiger partial charge on any atom is 0.260 e. The zero-order valence-corrected chi connectivity index (χ0v) is 19.1. The number of nitrogens with one attached hydrogen (secondary N) is 1. The minimum Gasteiger partial charge on any atom is -0.493 e. The standard InChI is InChI=1S/C23H28N2O4S/c1-13(2)12-25-10-9-19-21(23(25)27)20(15(4)30-19)22(26)24-14(3)16-7-8-17(28-5)18(11-16)29-6/h7-11,13-14H,12H2,1-6H3,(H,24,26)/t14-/m1/s1. The molecule has 0 saturated heterocycles. The number of rotatable bonds is 7. The number of hydrogen-bond acceptors (Lipinski definition) is 5. The van der Waals surface area contributed by atoms with Crippen molar-refractivity contribution in [1.29, 1.82) is 0 Å². The molecule has 0 fully saturated rings. The molecule has 1 aromatic carbocycles. The molecule has 1 N–H and O–H groups in total. The monoisotopic (exact) mass is 428 g/mol. The second kappa shape index (κ2) is 8.92. The molecule has 7 heteroatoms. The van der Waals surface area contributed by atoms with Gasteiger partial charge in [-0.05, 0) is 43.5 Å². The van der Waals surface area contributed by atoms with Gasteiger partial charge in [0.1, 0.15) is 0 Å². The van der Waals surface area contributed by atoms with Crippen molar-refractivity contribution in [3.05, 3.63) is 56.8 Å². The highest BCUT2D eigenvalue weighted by atomic mass is 32.1. The van der Waals surface area contributed by atoms with Gasteiger partial charge in [0.2, 0.25) is 0 Å². The molecule has 1 atom stereocenters. The normalized spacial score (nSPS) is 12.2. The van der Waals surface area contributed by atoms with E-state index in [2.05, 4.69) is 19.2 Å². The van der Waals surface area contributed by atoms with Gasteiger partial charge in [0.15, 0.2) is 11.5 Å². The van der Waals surface area contributed by atoms with Crippen LogP contribution in [-0.4, -0.2) is 24.7 Å². The van der Waals surface area contributed by atoms with Crippen molar-refractivity contribution in [2.24, 2.45) is 5.92 Å². The van der Waals surface area contributed by atoms with Crippen LogP contribution in [0.1, 0.15) is 47.6 Å². The van der Waals surface area contributed by atoms with E-state index >= 15 is 0 Å². The van der Waals surface area contributed by atoms with E-state index in [4.69, 9.17) is 9.47 Å². The van der Waals surface area contributed by atoms with Crippen LogP contribution < -0.4 is 20.3 Å². The number of amides is 1. The van der Waals surface area contributed by atoms with Crippen molar-refractivity contribution in [1.82, 2.24) is 9.88 Å². The summed E-state index contributed by atoms with van der Waals surface area (Å²) in [6.45, 7) is 8.53. The van der Waals surface area contributed by atoms with Gasteiger partial charge in [0, 0.05) is 22.3 Å². The molecule has 160 valence electrons. The molecule has 0 radical (unpaired) electrons. The Kier molecular flexibility index (Phi) is 6.51. The first-order valence-corrected chi connectivity index (χ1v) is 10.7. The molecular formula is C23H28N2O4S. The van der Waals surface area contributed by atoms with Crippen LogP contribution in [-0.2, 0) is 6.54 Å². The van der Waals surface area contributed by atoms with E-state index in [9.17, 15) is 9.59 Å². The quantitative estimate of drug-likeness (QED) is 0.600. The first-order valence-electron chi connectivity index (χ1n) is 9.92. The lowest BCUT2D eigenvalue weighted by Gasteiger charge is -2.17. The van der Waals surface area contributed by atoms with Crippen molar-refractivity contribution in [2.45, 2.75) is 40.3 Å². The van der Waals surface area contributed by atoms with Gasteiger partial charge in [0.05, 0.1) is 31.2 Å². The van der Waals surface area contributed by atoms with Gasteiger partial charge in [-0.25, -0.2) is 0 Å². The number of hydrogen-bond donors (Lipinski definition) is 1. The average Bonchev–Trinajstić information content (AvgIpc) is 3.06. The van der Waals surface area contributed by atoms with Crippen molar-refractivity contribution >= 4 is 27.3 Å². The summed E-state index contributed by atoms with van der Waals surface area (Å²) in [5.74, 6) is 1.32. The molecule has 2 heterocycles. The lowest BCUT2D eigenvalue weighted by Crippen LogP contribution is -2.29. The van der Waals surface area contributed by atoms with E-state index in [1.54, 1.807) is 18.8 Å². The van der Waals surface area contributed by atoms with Crippen LogP contribution in [0.4, 0.5) is 0 Å². The summed E-state index contributed by atoms with van der Waals surface area (Å²) in [6.07, 6.45) is 1.81. The summed E-state index contributed by atoms with van der Waals surface area (Å²) in [5, 5.41) is 3.53. The Morgan fingerprint density at radius 3 is 2.47 bits per heavy atom. The number of nitrogens with zero attached hydrogens (tertiary/aromatic N) is 1. The van der Waals surface area contributed by atoms with E-state index in [0.29, 0.717) is 34.9 Å². The van der Waals surface area contributed by atoms with Gasteiger partial charge < -0.3 is 19.4 Å². The number of fused-ring (bicyclic) bond motifs is 1. The smallest absolute Gasteiger partial charge is 0.260 e. The second-order valence-corrected chi connectivity index (χ2v) is 9.01. The van der Waals surface area contributed by atoms with Gasteiger partial charge in [0.25, 0.3) is 11.5 Å². The summed E-state index contributed by atoms with van der Waals surface area (Å²) >= 11 is 1.47. The van der Waals surface area contributed by atoms with Gasteiger partial charge in [-0.3, -0.25) is 9.59 Å². The third-order valence-corrected chi connectivity index (χ3v) is 6.11. The molecule has 0 unspecified atom stereocenters. The number of pyridine rings is 1. The predicted octanol–water partition coefficient (Wildman–Crippen LogP) is 4.54. The largest absolute Gasteiger partial charge is 0.493 e. The Bertz CT molecular complexity index is 1130. The SMILES string of the molecule is COc1ccc([C@@H](C)NC(=O)c2c(C)sc3ccn(CC(C)C)c(=O)c23)cc1OC. The molecule has 30 heavy (non-hydrogen) atoms. The highest BCUT2D eigenvalue weighted by Crippen LogP contribution is 2.31. The van der Waals surface area contributed by atoms with Gasteiger partial charge in [-0.15, -0.1) is 11.3 Å². The van der Waals surface area contributed by atoms with Crippen LogP contribution in [0.2, 0.25) is 0 Å². The number of methoxy groups -OCH3 is 2. The second-order valence-electron chi connectivity index (χ2n) is 7.75. The van der Waals surface area contributed by atoms with Gasteiger partial charge in [-0.2, -0.15) is 0 Å². The maximum atomic E-state index is 13.2. The molecule has 3 rings (SSSR count). The van der Waals surface area contributed by atoms with Crippen LogP contribution >= 0.6 is 11.3 Å². The predicted molar refractivity (Wildman–Crippen MR) is 121 cm³/mol. The highest BCUT2D eigenvalue weighted by Gasteiger charge is 2.22. The van der Waals surface area contributed by atoms with Crippen LogP contribution in [0.15, 0.2) is 35.3 Å². The fraction of sp³-hybridized carbons (Fsp3) is 0.391. The summed E-state index contributed by atoms with van der Waals surface area (Å²) in [7, 11) is 3.16. The molecule has 0 aliphatic rings. The maximum absolute atomic E-state index is 13.2. The molecule has 0 spiro atoms. The molecule has 0 aliphatic carbocycles. The van der Waals surface area contributed by atoms with E-state index in [-0.39, 0.29) is 17.5 Å². The number of aryl methyl sites for hydroxylation is 1. The molecule has 0 saturated carbocycles.